The zero-order valence-corrected chi connectivity index (χ0v) is 41.2. The van der Waals surface area contributed by atoms with Crippen molar-refractivity contribution in [1.82, 2.24) is 9.80 Å². The smallest absolute Gasteiger partial charge is 0.328 e. The van der Waals surface area contributed by atoms with E-state index in [9.17, 15) is 29.4 Å². The molecule has 9 rings (SSSR count). The van der Waals surface area contributed by atoms with E-state index in [2.05, 4.69) is 44.7 Å². The fourth-order valence-corrected chi connectivity index (χ4v) is 10.1. The van der Waals surface area contributed by atoms with Gasteiger partial charge in [0, 0.05) is 48.2 Å². The number of aliphatic imine (C=N–C) groups is 2. The molecule has 74 heavy (non-hydrogen) atoms. The standard InChI is InChI=1S/C62H60N6O6/c69-59(55-34-18-36-67(55)41-43-20-5-1-6-21-43)65-51-32-15-13-30-49(51)57(47-26-9-3-10-27-47)63-53(61(71)72)39-45-24-17-25-46(38-45)40-54(62(73)74)64-58(48-28-11-4-12-29-48)50-31-14-16-33-52(50)66-60(70)56-35-19-37-68(56)42-44-22-7-2-8-23-44/h1-17,20-33,38,53-56H,18-19,34-37,39-42H2,(H,65,69)(H,66,70)(H,71,72)(H,73,74)/t53-,54-,55-,56-/m0/s1. The Morgan fingerprint density at radius 2 is 0.811 bits per heavy atom. The van der Waals surface area contributed by atoms with Gasteiger partial charge < -0.3 is 20.8 Å². The number of carbonyl (C=O) groups excluding carboxylic acids is 2. The third-order valence-electron chi connectivity index (χ3n) is 13.8. The van der Waals surface area contributed by atoms with Crippen LogP contribution in [0.4, 0.5) is 11.4 Å². The normalized spacial score (nSPS) is 17.1. The molecular weight excluding hydrogens is 925 g/mol. The molecule has 0 radical (unpaired) electrons. The van der Waals surface area contributed by atoms with Crippen molar-refractivity contribution in [2.45, 2.75) is 75.8 Å². The average Bonchev–Trinajstić information content (AvgIpc) is 4.10. The summed E-state index contributed by atoms with van der Waals surface area (Å²) >= 11 is 0. The van der Waals surface area contributed by atoms with Gasteiger partial charge in [-0.3, -0.25) is 29.4 Å². The van der Waals surface area contributed by atoms with E-state index in [0.29, 0.717) is 69.3 Å². The summed E-state index contributed by atoms with van der Waals surface area (Å²) in [6.07, 6.45) is 3.23. The van der Waals surface area contributed by atoms with Crippen molar-refractivity contribution in [2.24, 2.45) is 9.98 Å². The lowest BCUT2D eigenvalue weighted by Gasteiger charge is -2.24. The first-order chi connectivity index (χ1) is 36.2. The lowest BCUT2D eigenvalue weighted by molar-refractivity contribution is -0.139. The molecule has 2 amide bonds. The van der Waals surface area contributed by atoms with Crippen molar-refractivity contribution in [1.29, 1.82) is 0 Å². The molecule has 2 aliphatic heterocycles. The Morgan fingerprint density at radius 3 is 1.20 bits per heavy atom. The van der Waals surface area contributed by atoms with E-state index in [1.165, 1.54) is 0 Å². The second kappa shape index (κ2) is 24.4. The number of aliphatic carboxylic acids is 2. The Morgan fingerprint density at radius 1 is 0.459 bits per heavy atom. The Hall–Kier alpha value is -8.32. The van der Waals surface area contributed by atoms with E-state index < -0.39 is 24.0 Å². The number of likely N-dealkylation sites (tertiary alicyclic amines) is 2. The molecule has 2 heterocycles. The number of carbonyl (C=O) groups is 4. The van der Waals surface area contributed by atoms with Crippen LogP contribution in [0.25, 0.3) is 0 Å². The van der Waals surface area contributed by atoms with Gasteiger partial charge in [0.1, 0.15) is 0 Å². The van der Waals surface area contributed by atoms with Crippen molar-refractivity contribution in [3.8, 4) is 0 Å². The molecular formula is C62H60N6O6. The number of nitrogens with zero attached hydrogens (tertiary/aromatic N) is 4. The van der Waals surface area contributed by atoms with Gasteiger partial charge in [-0.15, -0.1) is 0 Å². The molecule has 12 heteroatoms. The highest BCUT2D eigenvalue weighted by Gasteiger charge is 2.33. The molecule has 2 saturated heterocycles. The van der Waals surface area contributed by atoms with Gasteiger partial charge in [-0.25, -0.2) is 9.59 Å². The zero-order valence-electron chi connectivity index (χ0n) is 41.2. The summed E-state index contributed by atoms with van der Waals surface area (Å²) in [5.74, 6) is -2.55. The second-order valence-corrected chi connectivity index (χ2v) is 18.9. The number of carboxylic acid groups (broad SMARTS) is 2. The molecule has 4 atom stereocenters. The summed E-state index contributed by atoms with van der Waals surface area (Å²) in [7, 11) is 0. The van der Waals surface area contributed by atoms with E-state index >= 15 is 0 Å². The third kappa shape index (κ3) is 12.8. The molecule has 12 nitrogen and oxygen atoms in total. The number of anilines is 2. The fourth-order valence-electron chi connectivity index (χ4n) is 10.1. The third-order valence-corrected chi connectivity index (χ3v) is 13.8. The van der Waals surface area contributed by atoms with E-state index in [-0.39, 0.29) is 36.7 Å². The first-order valence-electron chi connectivity index (χ1n) is 25.3. The fraction of sp³-hybridized carbons (Fsp3) is 0.226. The molecule has 7 aromatic carbocycles. The summed E-state index contributed by atoms with van der Waals surface area (Å²) in [5.41, 5.74) is 7.96. The van der Waals surface area contributed by atoms with Crippen molar-refractivity contribution in [2.75, 3.05) is 23.7 Å². The Kier molecular flexibility index (Phi) is 16.7. The van der Waals surface area contributed by atoms with Crippen molar-refractivity contribution in [3.63, 3.8) is 0 Å². The van der Waals surface area contributed by atoms with Crippen LogP contribution < -0.4 is 10.6 Å². The SMILES string of the molecule is O=C(O)[C@H](Cc1cccc(C[C@H](N=C(c2ccccc2)c2ccccc2NC(=O)[C@@H]2CCCN2Cc2ccccc2)C(=O)O)c1)N=C(c1ccccc1)c1ccccc1NC(=O)[C@@H]1CCCN1Cc1ccccc1. The molecule has 4 N–H and O–H groups in total. The van der Waals surface area contributed by atoms with Gasteiger partial charge in [0.15, 0.2) is 12.1 Å². The van der Waals surface area contributed by atoms with Gasteiger partial charge in [0.25, 0.3) is 0 Å². The molecule has 0 saturated carbocycles. The van der Waals surface area contributed by atoms with Gasteiger partial charge >= 0.3 is 11.9 Å². The largest absolute Gasteiger partial charge is 0.480 e. The number of rotatable bonds is 20. The van der Waals surface area contributed by atoms with E-state index in [1.807, 2.05) is 164 Å². The summed E-state index contributed by atoms with van der Waals surface area (Å²) in [6.45, 7) is 2.92. The Labute approximate surface area is 432 Å². The number of hydrogen-bond donors (Lipinski definition) is 4. The van der Waals surface area contributed by atoms with Crippen LogP contribution in [0.3, 0.4) is 0 Å². The lowest BCUT2D eigenvalue weighted by Crippen LogP contribution is -2.39. The number of nitrogens with one attached hydrogen (secondary N) is 2. The van der Waals surface area contributed by atoms with Crippen LogP contribution in [-0.2, 0) is 45.1 Å². The highest BCUT2D eigenvalue weighted by Crippen LogP contribution is 2.28. The van der Waals surface area contributed by atoms with E-state index in [4.69, 9.17) is 9.98 Å². The van der Waals surface area contributed by atoms with Crippen LogP contribution >= 0.6 is 0 Å². The van der Waals surface area contributed by atoms with Crippen molar-refractivity contribution in [3.05, 3.63) is 239 Å². The quantitative estimate of drug-likeness (QED) is 0.0549. The molecule has 0 aliphatic carbocycles. The Bertz CT molecular complexity index is 2910. The first kappa shape index (κ1) is 50.6. The molecule has 7 aromatic rings. The van der Waals surface area contributed by atoms with Gasteiger partial charge in [0.2, 0.25) is 11.8 Å². The molecule has 0 aromatic heterocycles. The maximum Gasteiger partial charge on any atom is 0.328 e. The van der Waals surface area contributed by atoms with Crippen molar-refractivity contribution >= 4 is 46.6 Å². The minimum absolute atomic E-state index is 0.00231. The Balaban J connectivity index is 0.968. The molecule has 0 bridgehead atoms. The molecule has 374 valence electrons. The first-order valence-corrected chi connectivity index (χ1v) is 25.3. The van der Waals surface area contributed by atoms with Gasteiger partial charge in [-0.1, -0.05) is 182 Å². The van der Waals surface area contributed by atoms with Crippen molar-refractivity contribution < 1.29 is 29.4 Å². The topological polar surface area (TPSA) is 164 Å². The monoisotopic (exact) mass is 984 g/mol. The van der Waals surface area contributed by atoms with Crippen LogP contribution in [-0.4, -0.2) is 92.4 Å². The number of para-hydroxylation sites is 2. The summed E-state index contributed by atoms with van der Waals surface area (Å²) in [4.78, 5) is 68.9. The molecule has 0 spiro atoms. The van der Waals surface area contributed by atoms with E-state index in [1.54, 1.807) is 6.07 Å². The predicted molar refractivity (Wildman–Crippen MR) is 291 cm³/mol. The number of benzene rings is 7. The highest BCUT2D eigenvalue weighted by molar-refractivity contribution is 6.19. The van der Waals surface area contributed by atoms with Crippen LogP contribution in [0.1, 0.15) is 70.2 Å². The van der Waals surface area contributed by atoms with Gasteiger partial charge in [-0.2, -0.15) is 0 Å². The minimum atomic E-state index is -1.25. The summed E-state index contributed by atoms with van der Waals surface area (Å²) < 4.78 is 0. The maximum atomic E-state index is 14.1. The summed E-state index contributed by atoms with van der Waals surface area (Å²) in [6, 6.07) is 57.6. The molecule has 2 aliphatic rings. The number of hydrogen-bond acceptors (Lipinski definition) is 8. The highest BCUT2D eigenvalue weighted by atomic mass is 16.4. The molecule has 0 unspecified atom stereocenters. The maximum absolute atomic E-state index is 14.1. The second-order valence-electron chi connectivity index (χ2n) is 18.9. The van der Waals surface area contributed by atoms with Crippen LogP contribution in [0.15, 0.2) is 204 Å². The zero-order chi connectivity index (χ0) is 51.2. The minimum Gasteiger partial charge on any atom is -0.480 e. The average molecular weight is 985 g/mol. The van der Waals surface area contributed by atoms with Gasteiger partial charge in [-0.05, 0) is 73.2 Å². The van der Waals surface area contributed by atoms with E-state index in [0.717, 1.165) is 49.9 Å². The van der Waals surface area contributed by atoms with Crippen LogP contribution in [0.5, 0.6) is 0 Å². The van der Waals surface area contributed by atoms with Crippen LogP contribution in [0.2, 0.25) is 0 Å². The number of carboxylic acids is 2. The number of amides is 2. The predicted octanol–water partition coefficient (Wildman–Crippen LogP) is 9.96. The lowest BCUT2D eigenvalue weighted by atomic mass is 9.97. The van der Waals surface area contributed by atoms with Gasteiger partial charge in [0.05, 0.1) is 34.9 Å². The summed E-state index contributed by atoms with van der Waals surface area (Å²) in [5, 5.41) is 28.0. The van der Waals surface area contributed by atoms with Crippen LogP contribution in [0, 0.1) is 0 Å². The molecule has 2 fully saturated rings.